The minimum Gasteiger partial charge on any atom is -1.00 e. The predicted octanol–water partition coefficient (Wildman–Crippen LogP) is -0.387. The summed E-state index contributed by atoms with van der Waals surface area (Å²) in [4.78, 5) is 1.15. The third-order valence-electron chi connectivity index (χ3n) is 1.02. The van der Waals surface area contributed by atoms with Crippen molar-refractivity contribution in [1.82, 2.24) is 8.75 Å². The number of halogens is 1. The standard InChI is InChI=1S/C5H3N2S3.ClH/c1-2-4(8-3-1)5-6-9-10-7-5;/h1-3H;1H/q+1;/p-1. The molecule has 0 atom stereocenters. The van der Waals surface area contributed by atoms with Gasteiger partial charge in [-0.05, 0) is 11.4 Å². The van der Waals surface area contributed by atoms with E-state index in [4.69, 9.17) is 0 Å². The minimum absolute atomic E-state index is 0. The van der Waals surface area contributed by atoms with Crippen molar-refractivity contribution in [3.8, 4) is 10.7 Å². The molecule has 0 aliphatic carbocycles. The van der Waals surface area contributed by atoms with Gasteiger partial charge in [-0.2, -0.15) is 0 Å². The molecule has 0 unspecified atom stereocenters. The van der Waals surface area contributed by atoms with E-state index in [1.165, 1.54) is 21.1 Å². The van der Waals surface area contributed by atoms with E-state index in [1.807, 2.05) is 17.5 Å². The van der Waals surface area contributed by atoms with Crippen molar-refractivity contribution in [2.45, 2.75) is 0 Å². The molecule has 11 heavy (non-hydrogen) atoms. The van der Waals surface area contributed by atoms with Gasteiger partial charge in [0.1, 0.15) is 0 Å². The Bertz CT molecular complexity index is 259. The van der Waals surface area contributed by atoms with Crippen LogP contribution in [0, 0.1) is 0 Å². The fraction of sp³-hybridized carbons (Fsp3) is 0. The molecule has 0 N–H and O–H groups in total. The average Bonchev–Trinajstić information content (AvgIpc) is 2.59. The summed E-state index contributed by atoms with van der Waals surface area (Å²) in [5.41, 5.74) is 0. The Morgan fingerprint density at radius 2 is 2.36 bits per heavy atom. The van der Waals surface area contributed by atoms with Gasteiger partial charge in [0.15, 0.2) is 0 Å². The summed E-state index contributed by atoms with van der Waals surface area (Å²) < 4.78 is 8.24. The number of aromatic nitrogens is 2. The zero-order chi connectivity index (χ0) is 6.81. The molecule has 0 saturated carbocycles. The molecule has 0 aliphatic heterocycles. The van der Waals surface area contributed by atoms with E-state index in [9.17, 15) is 0 Å². The Labute approximate surface area is 81.7 Å². The molecule has 0 fully saturated rings. The number of nitrogens with zero attached hydrogens (tertiary/aromatic N) is 2. The lowest BCUT2D eigenvalue weighted by atomic mass is 10.5. The van der Waals surface area contributed by atoms with Gasteiger partial charge in [0.25, 0.3) is 0 Å². The summed E-state index contributed by atoms with van der Waals surface area (Å²) in [6.45, 7) is 0. The zero-order valence-corrected chi connectivity index (χ0v) is 8.43. The largest absolute Gasteiger partial charge is 1.00 e. The van der Waals surface area contributed by atoms with Gasteiger partial charge in [0.2, 0.25) is 5.82 Å². The third kappa shape index (κ3) is 1.93. The first-order valence-electron chi connectivity index (χ1n) is 2.62. The maximum atomic E-state index is 4.12. The highest BCUT2D eigenvalue weighted by molar-refractivity contribution is 7.64. The second-order valence-electron chi connectivity index (χ2n) is 1.63. The molecule has 2 heterocycles. The van der Waals surface area contributed by atoms with Crippen LogP contribution in [0.4, 0.5) is 0 Å². The van der Waals surface area contributed by atoms with Crippen LogP contribution in [0.25, 0.3) is 10.7 Å². The van der Waals surface area contributed by atoms with E-state index >= 15 is 0 Å². The van der Waals surface area contributed by atoms with Crippen molar-refractivity contribution in [3.05, 3.63) is 17.5 Å². The molecule has 0 aliphatic rings. The second kappa shape index (κ2) is 4.06. The van der Waals surface area contributed by atoms with Crippen molar-refractivity contribution in [2.75, 3.05) is 0 Å². The molecular formula is C5H3ClN2S3. The molecule has 0 spiro atoms. The van der Waals surface area contributed by atoms with E-state index in [0.717, 1.165) is 10.7 Å². The summed E-state index contributed by atoms with van der Waals surface area (Å²) in [5, 5.41) is 2.03. The van der Waals surface area contributed by atoms with Gasteiger partial charge >= 0.3 is 21.1 Å². The molecule has 0 aromatic carbocycles. The molecule has 6 heteroatoms. The monoisotopic (exact) mass is 222 g/mol. The highest BCUT2D eigenvalue weighted by Gasteiger charge is 2.09. The number of thiophene rings is 1. The molecule has 0 bridgehead atoms. The van der Waals surface area contributed by atoms with Gasteiger partial charge in [-0.15, -0.1) is 15.7 Å². The molecular weight excluding hydrogens is 220 g/mol. The highest BCUT2D eigenvalue weighted by atomic mass is 35.5. The van der Waals surface area contributed by atoms with E-state index in [2.05, 4.69) is 8.75 Å². The molecule has 0 saturated heterocycles. The predicted molar refractivity (Wildman–Crippen MR) is 45.5 cm³/mol. The van der Waals surface area contributed by atoms with E-state index < -0.39 is 0 Å². The van der Waals surface area contributed by atoms with Crippen LogP contribution in [0.2, 0.25) is 0 Å². The van der Waals surface area contributed by atoms with Gasteiger partial charge in [-0.1, -0.05) is 6.07 Å². The molecule has 58 valence electrons. The summed E-state index contributed by atoms with van der Waals surface area (Å²) in [6.07, 6.45) is 0. The number of hydrogen-bond acceptors (Lipinski definition) is 4. The fourth-order valence-electron chi connectivity index (χ4n) is 0.616. The molecule has 2 rings (SSSR count). The van der Waals surface area contributed by atoms with Crippen LogP contribution < -0.4 is 12.4 Å². The van der Waals surface area contributed by atoms with Crippen LogP contribution in [0.1, 0.15) is 0 Å². The summed E-state index contributed by atoms with van der Waals surface area (Å²) in [6, 6.07) is 4.03. The first kappa shape index (κ1) is 8.99. The molecule has 2 aromatic heterocycles. The summed E-state index contributed by atoms with van der Waals surface area (Å²) in [5.74, 6) is 0.866. The van der Waals surface area contributed by atoms with Gasteiger partial charge in [-0.3, -0.25) is 0 Å². The fourth-order valence-corrected chi connectivity index (χ4v) is 2.55. The number of rotatable bonds is 1. The van der Waals surface area contributed by atoms with Crippen molar-refractivity contribution in [2.24, 2.45) is 0 Å². The van der Waals surface area contributed by atoms with E-state index in [-0.39, 0.29) is 12.4 Å². The van der Waals surface area contributed by atoms with Crippen molar-refractivity contribution in [1.29, 1.82) is 0 Å². The molecule has 2 aromatic rings. The Morgan fingerprint density at radius 1 is 1.45 bits per heavy atom. The second-order valence-corrected chi connectivity index (χ2v) is 4.14. The maximum absolute atomic E-state index is 4.12. The summed E-state index contributed by atoms with van der Waals surface area (Å²) >= 11 is 1.67. The van der Waals surface area contributed by atoms with Gasteiger partial charge in [0.05, 0.1) is 9.25 Å². The molecule has 0 radical (unpaired) electrons. The van der Waals surface area contributed by atoms with Crippen LogP contribution >= 0.6 is 32.4 Å². The molecule has 2 nitrogen and oxygen atoms in total. The maximum Gasteiger partial charge on any atom is 0.462 e. The van der Waals surface area contributed by atoms with Crippen LogP contribution in [0.3, 0.4) is 0 Å². The SMILES string of the molecule is [Cl-].c1csc(-c2ns[s+]n2)c1. The Kier molecular flexibility index (Phi) is 3.32. The first-order valence-corrected chi connectivity index (χ1v) is 5.57. The lowest BCUT2D eigenvalue weighted by molar-refractivity contribution is -0.00000194. The minimum atomic E-state index is 0. The van der Waals surface area contributed by atoms with Gasteiger partial charge < -0.3 is 12.4 Å². The quantitative estimate of drug-likeness (QED) is 0.486. The normalized spacial score (nSPS) is 9.09. The lowest BCUT2D eigenvalue weighted by Crippen LogP contribution is -3.00. The highest BCUT2D eigenvalue weighted by Crippen LogP contribution is 2.22. The zero-order valence-electron chi connectivity index (χ0n) is 5.23. The van der Waals surface area contributed by atoms with Crippen molar-refractivity contribution >= 4 is 32.4 Å². The Balaban J connectivity index is 0.000000605. The van der Waals surface area contributed by atoms with Crippen LogP contribution in [-0.4, -0.2) is 8.75 Å². The lowest BCUT2D eigenvalue weighted by Gasteiger charge is -1.76. The van der Waals surface area contributed by atoms with Crippen molar-refractivity contribution in [3.63, 3.8) is 0 Å². The Hall–Kier alpha value is -0.100. The average molecular weight is 223 g/mol. The smallest absolute Gasteiger partial charge is 0.462 e. The molecule has 0 amide bonds. The van der Waals surface area contributed by atoms with E-state index in [0.29, 0.717) is 0 Å². The van der Waals surface area contributed by atoms with Crippen molar-refractivity contribution < 1.29 is 12.4 Å². The van der Waals surface area contributed by atoms with Crippen LogP contribution in [0.5, 0.6) is 0 Å². The van der Waals surface area contributed by atoms with E-state index in [1.54, 1.807) is 11.3 Å². The topological polar surface area (TPSA) is 25.8 Å². The Morgan fingerprint density at radius 3 is 2.91 bits per heavy atom. The third-order valence-corrected chi connectivity index (χ3v) is 3.10. The number of hydrogen-bond donors (Lipinski definition) is 0. The van der Waals surface area contributed by atoms with Gasteiger partial charge in [-0.25, -0.2) is 0 Å². The first-order chi connectivity index (χ1) is 4.97. The van der Waals surface area contributed by atoms with Crippen LogP contribution in [0.15, 0.2) is 17.5 Å². The van der Waals surface area contributed by atoms with Crippen LogP contribution in [-0.2, 0) is 0 Å². The van der Waals surface area contributed by atoms with Gasteiger partial charge in [0, 0.05) is 0 Å². The summed E-state index contributed by atoms with van der Waals surface area (Å²) in [7, 11) is 2.85.